The molecule has 0 aromatic heterocycles. The smallest absolute Gasteiger partial charge is 0.0568 e. The van der Waals surface area contributed by atoms with E-state index in [0.29, 0.717) is 0 Å². The average molecular weight is 317 g/mol. The summed E-state index contributed by atoms with van der Waals surface area (Å²) in [5, 5.41) is 4.28. The van der Waals surface area contributed by atoms with Crippen molar-refractivity contribution >= 4 is 33.2 Å². The van der Waals surface area contributed by atoms with Crippen LogP contribution in [0.25, 0.3) is 0 Å². The molecule has 0 spiro atoms. The van der Waals surface area contributed by atoms with Crippen LogP contribution >= 0.6 is 27.5 Å². The fourth-order valence-electron chi connectivity index (χ4n) is 2.44. The van der Waals surface area contributed by atoms with Crippen LogP contribution in [-0.2, 0) is 0 Å². The van der Waals surface area contributed by atoms with E-state index in [1.807, 2.05) is 12.1 Å². The van der Waals surface area contributed by atoms with Crippen molar-refractivity contribution in [3.63, 3.8) is 0 Å². The molecule has 1 aromatic carbocycles. The number of nitrogens with one attached hydrogen (secondary N) is 1. The topological polar surface area (TPSA) is 12.0 Å². The third kappa shape index (κ3) is 4.18. The second-order valence-electron chi connectivity index (χ2n) is 4.87. The number of benzene rings is 1. The lowest BCUT2D eigenvalue weighted by Gasteiger charge is -2.16. The van der Waals surface area contributed by atoms with Crippen molar-refractivity contribution in [1.29, 1.82) is 0 Å². The highest BCUT2D eigenvalue weighted by atomic mass is 79.9. The summed E-state index contributed by atoms with van der Waals surface area (Å²) in [6.45, 7) is 1.08. The summed E-state index contributed by atoms with van der Waals surface area (Å²) >= 11 is 9.48. The molecule has 3 heteroatoms. The van der Waals surface area contributed by atoms with Gasteiger partial charge in [-0.2, -0.15) is 0 Å². The Kier molecular flexibility index (Phi) is 5.17. The second kappa shape index (κ2) is 6.65. The van der Waals surface area contributed by atoms with Gasteiger partial charge < -0.3 is 5.32 Å². The average Bonchev–Trinajstić information content (AvgIpc) is 2.59. The molecule has 1 fully saturated rings. The van der Waals surface area contributed by atoms with E-state index in [2.05, 4.69) is 27.3 Å². The number of rotatable bonds is 3. The van der Waals surface area contributed by atoms with E-state index in [0.717, 1.165) is 27.6 Å². The first-order valence-corrected chi connectivity index (χ1v) is 7.62. The molecular formula is C14H19BrClN. The maximum absolute atomic E-state index is 6.07. The van der Waals surface area contributed by atoms with Gasteiger partial charge in [-0.15, -0.1) is 0 Å². The molecule has 1 nitrogen and oxygen atoms in total. The highest BCUT2D eigenvalue weighted by Crippen LogP contribution is 2.27. The molecule has 0 bridgehead atoms. The summed E-state index contributed by atoms with van der Waals surface area (Å²) in [5.41, 5.74) is 1.13. The van der Waals surface area contributed by atoms with Crippen LogP contribution in [0.1, 0.15) is 38.5 Å². The molecule has 0 radical (unpaired) electrons. The zero-order valence-electron chi connectivity index (χ0n) is 10.0. The van der Waals surface area contributed by atoms with E-state index in [-0.39, 0.29) is 0 Å². The molecule has 1 aliphatic rings. The summed E-state index contributed by atoms with van der Waals surface area (Å²) in [7, 11) is 0. The van der Waals surface area contributed by atoms with Gasteiger partial charge in [0.15, 0.2) is 0 Å². The standard InChI is InChI=1S/C14H19BrClN/c15-13-8-7-12(9-14(13)16)17-10-11-5-3-1-2-4-6-11/h7-9,11,17H,1-6,10H2. The summed E-state index contributed by atoms with van der Waals surface area (Å²) in [6.07, 6.45) is 8.37. The predicted molar refractivity (Wildman–Crippen MR) is 78.8 cm³/mol. The Balaban J connectivity index is 1.85. The fraction of sp³-hybridized carbons (Fsp3) is 0.571. The molecule has 0 atom stereocenters. The van der Waals surface area contributed by atoms with Gasteiger partial charge in [0.2, 0.25) is 0 Å². The van der Waals surface area contributed by atoms with E-state index in [1.165, 1.54) is 38.5 Å². The van der Waals surface area contributed by atoms with E-state index in [4.69, 9.17) is 11.6 Å². The number of anilines is 1. The molecule has 1 N–H and O–H groups in total. The Hall–Kier alpha value is -0.210. The van der Waals surface area contributed by atoms with Gasteiger partial charge in [-0.25, -0.2) is 0 Å². The van der Waals surface area contributed by atoms with Gasteiger partial charge in [-0.05, 0) is 52.9 Å². The number of halogens is 2. The number of hydrogen-bond acceptors (Lipinski definition) is 1. The zero-order valence-corrected chi connectivity index (χ0v) is 12.4. The maximum Gasteiger partial charge on any atom is 0.0568 e. The van der Waals surface area contributed by atoms with Gasteiger partial charge in [0.05, 0.1) is 5.02 Å². The van der Waals surface area contributed by atoms with Crippen molar-refractivity contribution < 1.29 is 0 Å². The van der Waals surface area contributed by atoms with Crippen molar-refractivity contribution in [2.45, 2.75) is 38.5 Å². The first-order chi connectivity index (χ1) is 8.25. The molecule has 0 aliphatic heterocycles. The minimum absolute atomic E-state index is 0.774. The van der Waals surface area contributed by atoms with Gasteiger partial charge >= 0.3 is 0 Å². The van der Waals surface area contributed by atoms with Crippen molar-refractivity contribution in [1.82, 2.24) is 0 Å². The minimum Gasteiger partial charge on any atom is -0.385 e. The summed E-state index contributed by atoms with van der Waals surface area (Å²) in [6, 6.07) is 6.06. The van der Waals surface area contributed by atoms with Gasteiger partial charge in [0.25, 0.3) is 0 Å². The van der Waals surface area contributed by atoms with Crippen LogP contribution in [0.4, 0.5) is 5.69 Å². The summed E-state index contributed by atoms with van der Waals surface area (Å²) in [4.78, 5) is 0. The second-order valence-corrected chi connectivity index (χ2v) is 6.13. The Bertz CT molecular complexity index is 359. The predicted octanol–water partition coefficient (Wildman–Crippen LogP) is 5.48. The van der Waals surface area contributed by atoms with Crippen molar-refractivity contribution in [2.24, 2.45) is 5.92 Å². The molecule has 0 saturated heterocycles. The Morgan fingerprint density at radius 2 is 1.88 bits per heavy atom. The van der Waals surface area contributed by atoms with E-state index in [1.54, 1.807) is 0 Å². The SMILES string of the molecule is Clc1cc(NCC2CCCCCC2)ccc1Br. The molecule has 1 aliphatic carbocycles. The van der Waals surface area contributed by atoms with Gasteiger partial charge in [0.1, 0.15) is 0 Å². The van der Waals surface area contributed by atoms with Gasteiger partial charge in [0, 0.05) is 16.7 Å². The Morgan fingerprint density at radius 1 is 1.18 bits per heavy atom. The molecule has 0 amide bonds. The van der Waals surface area contributed by atoms with Gasteiger partial charge in [-0.3, -0.25) is 0 Å². The highest BCUT2D eigenvalue weighted by Gasteiger charge is 2.11. The monoisotopic (exact) mass is 315 g/mol. The first-order valence-electron chi connectivity index (χ1n) is 6.44. The molecule has 1 saturated carbocycles. The van der Waals surface area contributed by atoms with Crippen LogP contribution in [0, 0.1) is 5.92 Å². The normalized spacial score (nSPS) is 17.8. The van der Waals surface area contributed by atoms with Crippen LogP contribution in [0.5, 0.6) is 0 Å². The maximum atomic E-state index is 6.07. The Morgan fingerprint density at radius 3 is 2.53 bits per heavy atom. The van der Waals surface area contributed by atoms with Crippen molar-refractivity contribution in [3.8, 4) is 0 Å². The summed E-state index contributed by atoms with van der Waals surface area (Å²) < 4.78 is 0.958. The summed E-state index contributed by atoms with van der Waals surface area (Å²) in [5.74, 6) is 0.833. The zero-order chi connectivity index (χ0) is 12.1. The third-order valence-corrected chi connectivity index (χ3v) is 4.72. The quantitative estimate of drug-likeness (QED) is 0.728. The molecule has 94 valence electrons. The highest BCUT2D eigenvalue weighted by molar-refractivity contribution is 9.10. The lowest BCUT2D eigenvalue weighted by Crippen LogP contribution is -2.13. The molecule has 1 aromatic rings. The molecular weight excluding hydrogens is 298 g/mol. The lowest BCUT2D eigenvalue weighted by molar-refractivity contribution is 0.483. The van der Waals surface area contributed by atoms with Gasteiger partial charge in [-0.1, -0.05) is 37.3 Å². The van der Waals surface area contributed by atoms with Crippen molar-refractivity contribution in [2.75, 3.05) is 11.9 Å². The molecule has 17 heavy (non-hydrogen) atoms. The number of hydrogen-bond donors (Lipinski definition) is 1. The minimum atomic E-state index is 0.774. The van der Waals surface area contributed by atoms with Crippen LogP contribution in [-0.4, -0.2) is 6.54 Å². The van der Waals surface area contributed by atoms with E-state index < -0.39 is 0 Å². The molecule has 0 unspecified atom stereocenters. The van der Waals surface area contributed by atoms with Crippen molar-refractivity contribution in [3.05, 3.63) is 27.7 Å². The largest absolute Gasteiger partial charge is 0.385 e. The van der Waals surface area contributed by atoms with Crippen LogP contribution in [0.15, 0.2) is 22.7 Å². The lowest BCUT2D eigenvalue weighted by atomic mass is 10.0. The Labute approximate surface area is 117 Å². The third-order valence-electron chi connectivity index (χ3n) is 3.49. The molecule has 2 rings (SSSR count). The van der Waals surface area contributed by atoms with Crippen LogP contribution < -0.4 is 5.32 Å². The molecule has 0 heterocycles. The first kappa shape index (κ1) is 13.2. The van der Waals surface area contributed by atoms with E-state index >= 15 is 0 Å². The fourth-order valence-corrected chi connectivity index (χ4v) is 2.86. The van der Waals surface area contributed by atoms with E-state index in [9.17, 15) is 0 Å². The van der Waals surface area contributed by atoms with Crippen LogP contribution in [0.3, 0.4) is 0 Å². The van der Waals surface area contributed by atoms with Crippen LogP contribution in [0.2, 0.25) is 5.02 Å².